The number of esters is 1. The maximum absolute atomic E-state index is 12.4. The van der Waals surface area contributed by atoms with Gasteiger partial charge >= 0.3 is 5.97 Å². The van der Waals surface area contributed by atoms with E-state index in [-0.39, 0.29) is 12.1 Å². The number of aromatic nitrogens is 2. The quantitative estimate of drug-likeness (QED) is 0.621. The molecule has 0 saturated carbocycles. The third-order valence-electron chi connectivity index (χ3n) is 4.13. The Morgan fingerprint density at radius 1 is 1.24 bits per heavy atom. The van der Waals surface area contributed by atoms with Crippen LogP contribution in [0.15, 0.2) is 53.6 Å². The summed E-state index contributed by atoms with van der Waals surface area (Å²) in [7, 11) is 1.48. The van der Waals surface area contributed by atoms with Crippen LogP contribution in [-0.4, -0.2) is 34.6 Å². The minimum atomic E-state index is -1.08. The Balaban J connectivity index is 1.63. The van der Waals surface area contributed by atoms with E-state index in [0.717, 1.165) is 4.57 Å². The second-order valence-corrected chi connectivity index (χ2v) is 6.57. The number of nitrogens with one attached hydrogen (secondary N) is 1. The predicted molar refractivity (Wildman–Crippen MR) is 108 cm³/mol. The monoisotopic (exact) mass is 415 g/mol. The van der Waals surface area contributed by atoms with Crippen molar-refractivity contribution in [2.75, 3.05) is 12.4 Å². The molecule has 0 aliphatic carbocycles. The first-order valence-electron chi connectivity index (χ1n) is 8.67. The second-order valence-electron chi connectivity index (χ2n) is 6.17. The van der Waals surface area contributed by atoms with Crippen LogP contribution in [0, 0.1) is 0 Å². The van der Waals surface area contributed by atoms with Gasteiger partial charge in [-0.3, -0.25) is 19.0 Å². The molecule has 0 saturated heterocycles. The number of fused-ring (bicyclic) bond motifs is 1. The van der Waals surface area contributed by atoms with Crippen molar-refractivity contribution in [1.82, 2.24) is 9.55 Å². The van der Waals surface area contributed by atoms with Gasteiger partial charge in [-0.15, -0.1) is 0 Å². The van der Waals surface area contributed by atoms with Gasteiger partial charge in [0.05, 0.1) is 29.4 Å². The Kier molecular flexibility index (Phi) is 6.13. The van der Waals surface area contributed by atoms with Crippen LogP contribution in [0.1, 0.15) is 6.92 Å². The molecular weight excluding hydrogens is 398 g/mol. The van der Waals surface area contributed by atoms with Gasteiger partial charge in [-0.2, -0.15) is 0 Å². The Morgan fingerprint density at radius 3 is 2.72 bits per heavy atom. The van der Waals surface area contributed by atoms with Crippen molar-refractivity contribution in [2.45, 2.75) is 19.6 Å². The summed E-state index contributed by atoms with van der Waals surface area (Å²) in [6.45, 7) is 1.07. The maximum atomic E-state index is 12.4. The van der Waals surface area contributed by atoms with E-state index in [1.165, 1.54) is 26.4 Å². The van der Waals surface area contributed by atoms with E-state index in [0.29, 0.717) is 27.4 Å². The van der Waals surface area contributed by atoms with Crippen molar-refractivity contribution in [1.29, 1.82) is 0 Å². The van der Waals surface area contributed by atoms with Crippen molar-refractivity contribution < 1.29 is 19.1 Å². The molecule has 1 heterocycles. The normalized spacial score (nSPS) is 11.7. The summed E-state index contributed by atoms with van der Waals surface area (Å²) in [6.07, 6.45) is 0.197. The van der Waals surface area contributed by atoms with E-state index >= 15 is 0 Å². The number of anilines is 1. The zero-order valence-corrected chi connectivity index (χ0v) is 16.5. The molecule has 0 bridgehead atoms. The van der Waals surface area contributed by atoms with Crippen LogP contribution >= 0.6 is 11.6 Å². The van der Waals surface area contributed by atoms with Gasteiger partial charge in [-0.1, -0.05) is 23.7 Å². The molecular formula is C20H18ClN3O5. The third-order valence-corrected chi connectivity index (χ3v) is 4.42. The number of halogens is 1. The molecule has 0 spiro atoms. The van der Waals surface area contributed by atoms with Crippen molar-refractivity contribution in [3.8, 4) is 5.75 Å². The molecule has 1 aromatic heterocycles. The minimum Gasteiger partial charge on any atom is -0.495 e. The lowest BCUT2D eigenvalue weighted by molar-refractivity contribution is -0.153. The molecule has 2 aromatic carbocycles. The molecule has 1 N–H and O–H groups in total. The zero-order chi connectivity index (χ0) is 21.0. The van der Waals surface area contributed by atoms with E-state index in [1.54, 1.807) is 36.4 Å². The van der Waals surface area contributed by atoms with Crippen LogP contribution in [0.25, 0.3) is 10.9 Å². The molecule has 0 unspecified atom stereocenters. The molecule has 0 aliphatic heterocycles. The van der Waals surface area contributed by atoms with Gasteiger partial charge in [-0.25, -0.2) is 4.98 Å². The molecule has 0 aliphatic rings. The predicted octanol–water partition coefficient (Wildman–Crippen LogP) is 2.63. The summed E-state index contributed by atoms with van der Waals surface area (Å²) in [5.41, 5.74) is 0.601. The van der Waals surface area contributed by atoms with E-state index < -0.39 is 18.0 Å². The number of hydrogen-bond acceptors (Lipinski definition) is 6. The molecule has 9 heteroatoms. The molecule has 29 heavy (non-hydrogen) atoms. The van der Waals surface area contributed by atoms with Crippen LogP contribution in [0.3, 0.4) is 0 Å². The van der Waals surface area contributed by atoms with E-state index in [2.05, 4.69) is 10.3 Å². The third kappa shape index (κ3) is 4.72. The summed E-state index contributed by atoms with van der Waals surface area (Å²) < 4.78 is 11.3. The van der Waals surface area contributed by atoms with Crippen molar-refractivity contribution in [2.24, 2.45) is 0 Å². The number of hydrogen-bond donors (Lipinski definition) is 1. The number of nitrogens with zero attached hydrogens (tertiary/aromatic N) is 2. The Bertz CT molecular complexity index is 1130. The summed E-state index contributed by atoms with van der Waals surface area (Å²) >= 11 is 6.02. The average Bonchev–Trinajstić information content (AvgIpc) is 2.70. The first-order valence-corrected chi connectivity index (χ1v) is 9.05. The van der Waals surface area contributed by atoms with Crippen LogP contribution in [-0.2, 0) is 20.9 Å². The number of amides is 1. The lowest BCUT2D eigenvalue weighted by atomic mass is 10.2. The molecule has 8 nitrogen and oxygen atoms in total. The molecule has 0 fully saturated rings. The molecule has 0 radical (unpaired) electrons. The lowest BCUT2D eigenvalue weighted by Gasteiger charge is -2.14. The van der Waals surface area contributed by atoms with Crippen LogP contribution < -0.4 is 15.6 Å². The Labute approximate surface area is 171 Å². The molecule has 1 atom stereocenters. The van der Waals surface area contributed by atoms with Gasteiger partial charge in [0.15, 0.2) is 6.10 Å². The number of benzene rings is 2. The van der Waals surface area contributed by atoms with Crippen LogP contribution in [0.2, 0.25) is 5.02 Å². The zero-order valence-electron chi connectivity index (χ0n) is 15.7. The average molecular weight is 416 g/mol. The fourth-order valence-corrected chi connectivity index (χ4v) is 2.89. The first kappa shape index (κ1) is 20.3. The standard InChI is InChI=1S/C20H18ClN3O5/c1-12(19(26)23-13-7-8-17(28-2)15(21)9-13)29-18(25)10-24-11-22-16-6-4-3-5-14(16)20(24)27/h3-9,11-12H,10H2,1-2H3,(H,23,26)/t12-/m1/s1. The largest absolute Gasteiger partial charge is 0.495 e. The fraction of sp³-hybridized carbons (Fsp3) is 0.200. The Morgan fingerprint density at radius 2 is 2.00 bits per heavy atom. The first-order chi connectivity index (χ1) is 13.9. The SMILES string of the molecule is COc1ccc(NC(=O)[C@@H](C)OC(=O)Cn2cnc3ccccc3c2=O)cc1Cl. The number of para-hydroxylation sites is 1. The minimum absolute atomic E-state index is 0.332. The van der Waals surface area contributed by atoms with Gasteiger partial charge < -0.3 is 14.8 Å². The number of methoxy groups -OCH3 is 1. The summed E-state index contributed by atoms with van der Waals surface area (Å²) in [6, 6.07) is 11.5. The Hall–Kier alpha value is -3.39. The van der Waals surface area contributed by atoms with Crippen molar-refractivity contribution in [3.05, 3.63) is 64.2 Å². The molecule has 3 rings (SSSR count). The number of rotatable bonds is 6. The van der Waals surface area contributed by atoms with Gasteiger partial charge in [0.2, 0.25) is 0 Å². The fourth-order valence-electron chi connectivity index (χ4n) is 2.63. The van der Waals surface area contributed by atoms with Gasteiger partial charge in [-0.05, 0) is 37.3 Å². The summed E-state index contributed by atoms with van der Waals surface area (Å²) in [5.74, 6) is -0.804. The van der Waals surface area contributed by atoms with E-state index in [4.69, 9.17) is 21.1 Å². The van der Waals surface area contributed by atoms with Gasteiger partial charge in [0, 0.05) is 5.69 Å². The van der Waals surface area contributed by atoms with Gasteiger partial charge in [0.1, 0.15) is 12.3 Å². The highest BCUT2D eigenvalue weighted by Gasteiger charge is 2.19. The summed E-state index contributed by atoms with van der Waals surface area (Å²) in [4.78, 5) is 41.0. The van der Waals surface area contributed by atoms with Crippen LogP contribution in [0.4, 0.5) is 5.69 Å². The van der Waals surface area contributed by atoms with Crippen molar-refractivity contribution in [3.63, 3.8) is 0 Å². The van der Waals surface area contributed by atoms with Gasteiger partial charge in [0.25, 0.3) is 11.5 Å². The highest BCUT2D eigenvalue weighted by molar-refractivity contribution is 6.32. The maximum Gasteiger partial charge on any atom is 0.326 e. The summed E-state index contributed by atoms with van der Waals surface area (Å²) in [5, 5.41) is 3.33. The molecule has 3 aromatic rings. The smallest absolute Gasteiger partial charge is 0.326 e. The lowest BCUT2D eigenvalue weighted by Crippen LogP contribution is -2.33. The molecule has 150 valence electrons. The van der Waals surface area contributed by atoms with Crippen LogP contribution in [0.5, 0.6) is 5.75 Å². The second kappa shape index (κ2) is 8.74. The highest BCUT2D eigenvalue weighted by atomic mass is 35.5. The number of carbonyl (C=O) groups is 2. The van der Waals surface area contributed by atoms with E-state index in [1.807, 2.05) is 0 Å². The van der Waals surface area contributed by atoms with Crippen molar-refractivity contribution >= 4 is 40.1 Å². The van der Waals surface area contributed by atoms with E-state index in [9.17, 15) is 14.4 Å². The highest BCUT2D eigenvalue weighted by Crippen LogP contribution is 2.27. The topological polar surface area (TPSA) is 99.5 Å². The number of carbonyl (C=O) groups excluding carboxylic acids is 2. The molecule has 1 amide bonds. The number of ether oxygens (including phenoxy) is 2.